The summed E-state index contributed by atoms with van der Waals surface area (Å²) in [5.74, 6) is -0.999. The number of hydrogen-bond acceptors (Lipinski definition) is 2. The molecule has 1 unspecified atom stereocenters. The Morgan fingerprint density at radius 1 is 1.19 bits per heavy atom. The van der Waals surface area contributed by atoms with Crippen molar-refractivity contribution in [1.29, 1.82) is 0 Å². The predicted molar refractivity (Wildman–Crippen MR) is 62.0 cm³/mol. The second-order valence-corrected chi connectivity index (χ2v) is 5.05. The molecule has 1 rings (SSSR count). The first-order valence-electron chi connectivity index (χ1n) is 5.27. The first-order valence-corrected chi connectivity index (χ1v) is 5.27. The van der Waals surface area contributed by atoms with E-state index in [-0.39, 0.29) is 6.42 Å². The minimum Gasteiger partial charge on any atom is -0.481 e. The van der Waals surface area contributed by atoms with E-state index in [9.17, 15) is 9.90 Å². The van der Waals surface area contributed by atoms with Crippen molar-refractivity contribution in [3.63, 3.8) is 0 Å². The van der Waals surface area contributed by atoms with E-state index in [0.717, 1.165) is 0 Å². The lowest BCUT2D eigenvalue weighted by atomic mass is 9.70. The minimum absolute atomic E-state index is 0.291. The van der Waals surface area contributed by atoms with Crippen molar-refractivity contribution in [3.8, 4) is 0 Å². The van der Waals surface area contributed by atoms with Crippen LogP contribution in [0.2, 0.25) is 0 Å². The van der Waals surface area contributed by atoms with Crippen molar-refractivity contribution in [2.24, 2.45) is 5.41 Å². The molecule has 0 heterocycles. The average molecular weight is 222 g/mol. The van der Waals surface area contributed by atoms with Gasteiger partial charge in [0.25, 0.3) is 0 Å². The lowest BCUT2D eigenvalue weighted by Crippen LogP contribution is -2.41. The molecule has 1 aromatic carbocycles. The van der Waals surface area contributed by atoms with Gasteiger partial charge in [-0.05, 0) is 11.0 Å². The molecule has 0 aliphatic carbocycles. The third-order valence-electron chi connectivity index (χ3n) is 2.90. The SMILES string of the molecule is CC(C)(C)C(O)(CC(=O)O)c1ccccc1. The Morgan fingerprint density at radius 2 is 1.69 bits per heavy atom. The summed E-state index contributed by atoms with van der Waals surface area (Å²) in [6, 6.07) is 8.96. The van der Waals surface area contributed by atoms with E-state index < -0.39 is 17.0 Å². The highest BCUT2D eigenvalue weighted by atomic mass is 16.4. The quantitative estimate of drug-likeness (QED) is 0.825. The fraction of sp³-hybridized carbons (Fsp3) is 0.462. The van der Waals surface area contributed by atoms with Crippen LogP contribution in [0, 0.1) is 5.41 Å². The maximum absolute atomic E-state index is 10.9. The molecule has 0 radical (unpaired) electrons. The van der Waals surface area contributed by atoms with E-state index in [4.69, 9.17) is 5.11 Å². The summed E-state index contributed by atoms with van der Waals surface area (Å²) in [4.78, 5) is 10.9. The van der Waals surface area contributed by atoms with Gasteiger partial charge in [-0.2, -0.15) is 0 Å². The molecule has 88 valence electrons. The predicted octanol–water partition coefficient (Wildman–Crippen LogP) is 2.40. The zero-order chi connectivity index (χ0) is 12.4. The molecule has 0 aliphatic rings. The van der Waals surface area contributed by atoms with E-state index in [1.165, 1.54) is 0 Å². The van der Waals surface area contributed by atoms with Crippen molar-refractivity contribution in [1.82, 2.24) is 0 Å². The maximum Gasteiger partial charge on any atom is 0.306 e. The number of aliphatic carboxylic acids is 1. The van der Waals surface area contributed by atoms with E-state index in [1.807, 2.05) is 26.8 Å². The first kappa shape index (κ1) is 12.7. The summed E-state index contributed by atoms with van der Waals surface area (Å²) < 4.78 is 0. The van der Waals surface area contributed by atoms with Crippen LogP contribution in [0.25, 0.3) is 0 Å². The standard InChI is InChI=1S/C13H18O3/c1-12(2,3)13(16,9-11(14)15)10-7-5-4-6-8-10/h4-8,16H,9H2,1-3H3,(H,14,15). The number of benzene rings is 1. The van der Waals surface area contributed by atoms with Gasteiger partial charge in [0.15, 0.2) is 0 Å². The highest BCUT2D eigenvalue weighted by Gasteiger charge is 2.43. The average Bonchev–Trinajstić information content (AvgIpc) is 2.16. The molecule has 0 amide bonds. The topological polar surface area (TPSA) is 57.5 Å². The van der Waals surface area contributed by atoms with E-state index in [1.54, 1.807) is 24.3 Å². The number of aliphatic hydroxyl groups is 1. The molecule has 0 fully saturated rings. The van der Waals surface area contributed by atoms with Gasteiger partial charge in [0.05, 0.1) is 6.42 Å². The first-order chi connectivity index (χ1) is 7.27. The van der Waals surface area contributed by atoms with Crippen LogP contribution in [0.15, 0.2) is 30.3 Å². The van der Waals surface area contributed by atoms with Gasteiger partial charge >= 0.3 is 5.97 Å². The van der Waals surface area contributed by atoms with Crippen LogP contribution in [-0.2, 0) is 10.4 Å². The minimum atomic E-state index is -1.35. The van der Waals surface area contributed by atoms with Crippen LogP contribution in [0.1, 0.15) is 32.8 Å². The number of carboxylic acid groups (broad SMARTS) is 1. The number of carboxylic acids is 1. The molecule has 0 saturated carbocycles. The molecule has 1 aromatic rings. The summed E-state index contributed by atoms with van der Waals surface area (Å²) >= 11 is 0. The molecule has 16 heavy (non-hydrogen) atoms. The molecule has 3 nitrogen and oxygen atoms in total. The molecule has 0 aliphatic heterocycles. The smallest absolute Gasteiger partial charge is 0.306 e. The van der Waals surface area contributed by atoms with Crippen molar-refractivity contribution in [2.45, 2.75) is 32.8 Å². The van der Waals surface area contributed by atoms with Gasteiger partial charge in [-0.15, -0.1) is 0 Å². The number of hydrogen-bond donors (Lipinski definition) is 2. The highest BCUT2D eigenvalue weighted by Crippen LogP contribution is 2.41. The monoisotopic (exact) mass is 222 g/mol. The summed E-state index contributed by atoms with van der Waals surface area (Å²) in [6.07, 6.45) is -0.291. The zero-order valence-corrected chi connectivity index (χ0v) is 9.90. The lowest BCUT2D eigenvalue weighted by molar-refractivity contribution is -0.150. The molecular formula is C13H18O3. The van der Waals surface area contributed by atoms with Crippen LogP contribution < -0.4 is 0 Å². The highest BCUT2D eigenvalue weighted by molar-refractivity contribution is 5.68. The third kappa shape index (κ3) is 2.42. The van der Waals surface area contributed by atoms with E-state index in [2.05, 4.69) is 0 Å². The van der Waals surface area contributed by atoms with Crippen LogP contribution in [0.4, 0.5) is 0 Å². The lowest BCUT2D eigenvalue weighted by Gasteiger charge is -2.39. The van der Waals surface area contributed by atoms with E-state index in [0.29, 0.717) is 5.56 Å². The maximum atomic E-state index is 10.9. The van der Waals surface area contributed by atoms with Gasteiger partial charge in [-0.25, -0.2) is 0 Å². The summed E-state index contributed by atoms with van der Waals surface area (Å²) in [6.45, 7) is 5.51. The molecular weight excluding hydrogens is 204 g/mol. The fourth-order valence-electron chi connectivity index (χ4n) is 1.73. The van der Waals surface area contributed by atoms with Gasteiger partial charge in [-0.1, -0.05) is 51.1 Å². The van der Waals surface area contributed by atoms with Gasteiger partial charge in [-0.3, -0.25) is 4.79 Å². The Balaban J connectivity index is 3.21. The number of carbonyl (C=O) groups is 1. The summed E-state index contributed by atoms with van der Waals surface area (Å²) in [5, 5.41) is 19.5. The van der Waals surface area contributed by atoms with Crippen molar-refractivity contribution >= 4 is 5.97 Å². The summed E-state index contributed by atoms with van der Waals surface area (Å²) in [5.41, 5.74) is -1.24. The molecule has 0 saturated heterocycles. The van der Waals surface area contributed by atoms with Crippen LogP contribution >= 0.6 is 0 Å². The van der Waals surface area contributed by atoms with Crippen LogP contribution in [0.3, 0.4) is 0 Å². The molecule has 0 aromatic heterocycles. The zero-order valence-electron chi connectivity index (χ0n) is 9.90. The van der Waals surface area contributed by atoms with E-state index >= 15 is 0 Å². The Bertz CT molecular complexity index is 365. The fourth-order valence-corrected chi connectivity index (χ4v) is 1.73. The molecule has 1 atom stereocenters. The van der Waals surface area contributed by atoms with Crippen LogP contribution in [-0.4, -0.2) is 16.2 Å². The second kappa shape index (κ2) is 4.26. The van der Waals surface area contributed by atoms with Crippen LogP contribution in [0.5, 0.6) is 0 Å². The Morgan fingerprint density at radius 3 is 2.06 bits per heavy atom. The van der Waals surface area contributed by atoms with Gasteiger partial charge in [0.2, 0.25) is 0 Å². The van der Waals surface area contributed by atoms with Gasteiger partial charge in [0, 0.05) is 0 Å². The Labute approximate surface area is 95.7 Å². The largest absolute Gasteiger partial charge is 0.481 e. The molecule has 0 bridgehead atoms. The van der Waals surface area contributed by atoms with Gasteiger partial charge in [0.1, 0.15) is 5.60 Å². The second-order valence-electron chi connectivity index (χ2n) is 5.05. The molecule has 2 N–H and O–H groups in total. The third-order valence-corrected chi connectivity index (χ3v) is 2.90. The van der Waals surface area contributed by atoms with Crippen molar-refractivity contribution in [3.05, 3.63) is 35.9 Å². The van der Waals surface area contributed by atoms with Crippen molar-refractivity contribution in [2.75, 3.05) is 0 Å². The van der Waals surface area contributed by atoms with Crippen molar-refractivity contribution < 1.29 is 15.0 Å². The number of rotatable bonds is 3. The van der Waals surface area contributed by atoms with Gasteiger partial charge < -0.3 is 10.2 Å². The Hall–Kier alpha value is -1.35. The Kier molecular flexibility index (Phi) is 3.38. The molecule has 3 heteroatoms. The normalized spacial score (nSPS) is 15.5. The summed E-state index contributed by atoms with van der Waals surface area (Å²) in [7, 11) is 0. The molecule has 0 spiro atoms.